The van der Waals surface area contributed by atoms with Crippen molar-refractivity contribution >= 4 is 17.5 Å². The fourth-order valence-corrected chi connectivity index (χ4v) is 3.64. The number of hydrogen-bond donors (Lipinski definition) is 2. The molecule has 0 radical (unpaired) electrons. The Balaban J connectivity index is 1.66. The Labute approximate surface area is 125 Å². The van der Waals surface area contributed by atoms with E-state index in [2.05, 4.69) is 10.6 Å². The summed E-state index contributed by atoms with van der Waals surface area (Å²) >= 11 is 5.94. The van der Waals surface area contributed by atoms with Crippen LogP contribution in [0.5, 0.6) is 0 Å². The van der Waals surface area contributed by atoms with Crippen LogP contribution in [0, 0.1) is 6.92 Å². The van der Waals surface area contributed by atoms with Gasteiger partial charge in [-0.25, -0.2) is 0 Å². The van der Waals surface area contributed by atoms with Crippen molar-refractivity contribution in [2.75, 3.05) is 6.54 Å². The summed E-state index contributed by atoms with van der Waals surface area (Å²) in [5.41, 5.74) is 1.98. The van der Waals surface area contributed by atoms with E-state index in [-0.39, 0.29) is 5.91 Å². The predicted molar refractivity (Wildman–Crippen MR) is 81.3 cm³/mol. The number of halogens is 1. The maximum absolute atomic E-state index is 12.4. The quantitative estimate of drug-likeness (QED) is 0.880. The Bertz CT molecular complexity index is 525. The topological polar surface area (TPSA) is 41.1 Å². The Hall–Kier alpha value is -1.06. The van der Waals surface area contributed by atoms with Crippen LogP contribution in [0.1, 0.15) is 48.0 Å². The predicted octanol–water partition coefficient (Wildman–Crippen LogP) is 3.05. The molecule has 3 rings (SSSR count). The first-order valence-corrected chi connectivity index (χ1v) is 7.78. The van der Waals surface area contributed by atoms with Crippen molar-refractivity contribution in [3.05, 3.63) is 34.3 Å². The third-order valence-electron chi connectivity index (χ3n) is 4.71. The molecule has 1 heterocycles. The van der Waals surface area contributed by atoms with Crippen LogP contribution in [0.15, 0.2) is 18.2 Å². The molecule has 3 nitrogen and oxygen atoms in total. The van der Waals surface area contributed by atoms with E-state index < -0.39 is 0 Å². The number of amides is 1. The van der Waals surface area contributed by atoms with E-state index in [1.54, 1.807) is 6.07 Å². The summed E-state index contributed by atoms with van der Waals surface area (Å²) in [6, 6.07) is 5.72. The molecule has 1 aromatic carbocycles. The summed E-state index contributed by atoms with van der Waals surface area (Å²) in [5, 5.41) is 7.50. The highest BCUT2D eigenvalue weighted by molar-refractivity contribution is 6.30. The van der Waals surface area contributed by atoms with Crippen LogP contribution >= 0.6 is 11.6 Å². The van der Waals surface area contributed by atoms with Gasteiger partial charge in [-0.2, -0.15) is 0 Å². The number of aryl methyl sites for hydroxylation is 1. The molecule has 0 aromatic heterocycles. The highest BCUT2D eigenvalue weighted by Crippen LogP contribution is 2.38. The molecule has 2 fully saturated rings. The van der Waals surface area contributed by atoms with Gasteiger partial charge in [0.25, 0.3) is 5.91 Å². The Morgan fingerprint density at radius 1 is 1.45 bits per heavy atom. The molecule has 1 aliphatic heterocycles. The van der Waals surface area contributed by atoms with Crippen molar-refractivity contribution in [1.82, 2.24) is 10.6 Å². The molecule has 1 amide bonds. The van der Waals surface area contributed by atoms with Gasteiger partial charge in [0, 0.05) is 22.2 Å². The van der Waals surface area contributed by atoms with Gasteiger partial charge in [-0.1, -0.05) is 11.6 Å². The van der Waals surface area contributed by atoms with Crippen LogP contribution in [-0.4, -0.2) is 24.0 Å². The lowest BCUT2D eigenvalue weighted by Gasteiger charge is -2.48. The summed E-state index contributed by atoms with van der Waals surface area (Å²) in [7, 11) is 0. The van der Waals surface area contributed by atoms with E-state index in [4.69, 9.17) is 11.6 Å². The minimum absolute atomic E-state index is 0.0283. The Kier molecular flexibility index (Phi) is 3.74. The smallest absolute Gasteiger partial charge is 0.251 e. The normalized spacial score (nSPS) is 24.2. The lowest BCUT2D eigenvalue weighted by atomic mass is 9.70. The molecule has 1 spiro atoms. The number of carbonyl (C=O) groups excluding carboxylic acids is 1. The van der Waals surface area contributed by atoms with Gasteiger partial charge in [0.15, 0.2) is 0 Å². The van der Waals surface area contributed by atoms with Gasteiger partial charge in [-0.15, -0.1) is 0 Å². The van der Waals surface area contributed by atoms with Crippen LogP contribution in [0.3, 0.4) is 0 Å². The summed E-state index contributed by atoms with van der Waals surface area (Å²) in [4.78, 5) is 12.4. The highest BCUT2D eigenvalue weighted by atomic mass is 35.5. The van der Waals surface area contributed by atoms with Crippen LogP contribution < -0.4 is 10.6 Å². The molecule has 20 heavy (non-hydrogen) atoms. The zero-order valence-corrected chi connectivity index (χ0v) is 12.6. The van der Waals surface area contributed by atoms with Crippen LogP contribution in [0.2, 0.25) is 5.02 Å². The van der Waals surface area contributed by atoms with E-state index in [0.29, 0.717) is 16.6 Å². The number of hydrogen-bond acceptors (Lipinski definition) is 2. The maximum atomic E-state index is 12.4. The second-order valence-corrected chi connectivity index (χ2v) is 6.62. The van der Waals surface area contributed by atoms with E-state index in [1.807, 2.05) is 19.1 Å². The molecule has 1 atom stereocenters. The van der Waals surface area contributed by atoms with Crippen molar-refractivity contribution < 1.29 is 4.79 Å². The molecule has 2 aliphatic rings. The lowest BCUT2D eigenvalue weighted by Crippen LogP contribution is -2.59. The van der Waals surface area contributed by atoms with Gasteiger partial charge < -0.3 is 10.6 Å². The molecule has 1 aliphatic carbocycles. The van der Waals surface area contributed by atoms with Gasteiger partial charge in [-0.3, -0.25) is 4.79 Å². The molecule has 1 unspecified atom stereocenters. The summed E-state index contributed by atoms with van der Waals surface area (Å²) in [5.74, 6) is 0.0283. The van der Waals surface area contributed by atoms with Crippen molar-refractivity contribution in [3.8, 4) is 0 Å². The van der Waals surface area contributed by atoms with E-state index >= 15 is 0 Å². The van der Waals surface area contributed by atoms with E-state index in [9.17, 15) is 4.79 Å². The Morgan fingerprint density at radius 3 is 2.90 bits per heavy atom. The molecule has 1 saturated carbocycles. The van der Waals surface area contributed by atoms with Crippen molar-refractivity contribution in [2.24, 2.45) is 0 Å². The number of piperidine rings is 1. The van der Waals surface area contributed by atoms with Gasteiger partial charge in [0.05, 0.1) is 0 Å². The Morgan fingerprint density at radius 2 is 2.25 bits per heavy atom. The minimum atomic E-state index is 0.0283. The molecular formula is C16H21ClN2O. The largest absolute Gasteiger partial charge is 0.349 e. The number of carbonyl (C=O) groups is 1. The third kappa shape index (κ3) is 2.70. The zero-order valence-electron chi connectivity index (χ0n) is 11.8. The van der Waals surface area contributed by atoms with E-state index in [1.165, 1.54) is 19.3 Å². The lowest BCUT2D eigenvalue weighted by molar-refractivity contribution is 0.0852. The average molecular weight is 293 g/mol. The third-order valence-corrected chi connectivity index (χ3v) is 4.94. The molecule has 108 valence electrons. The fourth-order valence-electron chi connectivity index (χ4n) is 3.41. The SMILES string of the molecule is Cc1cc(Cl)ccc1C(=O)NC1CCNC2(CCC2)C1. The van der Waals surface area contributed by atoms with Crippen LogP contribution in [0.4, 0.5) is 0 Å². The van der Waals surface area contributed by atoms with Gasteiger partial charge in [0.1, 0.15) is 0 Å². The van der Waals surface area contributed by atoms with Gasteiger partial charge >= 0.3 is 0 Å². The number of benzene rings is 1. The monoisotopic (exact) mass is 292 g/mol. The number of rotatable bonds is 2. The van der Waals surface area contributed by atoms with Gasteiger partial charge in [0.2, 0.25) is 0 Å². The summed E-state index contributed by atoms with van der Waals surface area (Å²) in [6.45, 7) is 2.93. The zero-order chi connectivity index (χ0) is 14.2. The standard InChI is InChI=1S/C16H21ClN2O/c1-11-9-12(17)3-4-14(11)15(20)19-13-5-8-18-16(10-13)6-2-7-16/h3-4,9,13,18H,2,5-8,10H2,1H3,(H,19,20). The summed E-state index contributed by atoms with van der Waals surface area (Å²) in [6.07, 6.45) is 5.88. The van der Waals surface area contributed by atoms with Crippen LogP contribution in [0.25, 0.3) is 0 Å². The molecule has 2 N–H and O–H groups in total. The number of nitrogens with one attached hydrogen (secondary N) is 2. The maximum Gasteiger partial charge on any atom is 0.251 e. The fraction of sp³-hybridized carbons (Fsp3) is 0.562. The van der Waals surface area contributed by atoms with Crippen molar-refractivity contribution in [2.45, 2.75) is 50.6 Å². The van der Waals surface area contributed by atoms with Crippen molar-refractivity contribution in [3.63, 3.8) is 0 Å². The second-order valence-electron chi connectivity index (χ2n) is 6.18. The first-order valence-electron chi connectivity index (χ1n) is 7.40. The summed E-state index contributed by atoms with van der Waals surface area (Å²) < 4.78 is 0. The molecule has 0 bridgehead atoms. The van der Waals surface area contributed by atoms with Gasteiger partial charge in [-0.05, 0) is 69.3 Å². The first kappa shape index (κ1) is 13.9. The molecular weight excluding hydrogens is 272 g/mol. The highest BCUT2D eigenvalue weighted by Gasteiger charge is 2.41. The second kappa shape index (κ2) is 5.38. The first-order chi connectivity index (χ1) is 9.58. The molecule has 1 aromatic rings. The molecule has 4 heteroatoms. The van der Waals surface area contributed by atoms with Crippen LogP contribution in [-0.2, 0) is 0 Å². The minimum Gasteiger partial charge on any atom is -0.349 e. The van der Waals surface area contributed by atoms with E-state index in [0.717, 1.165) is 30.5 Å². The molecule has 1 saturated heterocycles. The average Bonchev–Trinajstić information content (AvgIpc) is 2.37. The van der Waals surface area contributed by atoms with Crippen molar-refractivity contribution in [1.29, 1.82) is 0 Å².